The maximum absolute atomic E-state index is 5.92. The summed E-state index contributed by atoms with van der Waals surface area (Å²) in [5.74, 6) is 1.73. The molecule has 0 aliphatic heterocycles. The lowest BCUT2D eigenvalue weighted by atomic mass is 10.1. The molecule has 5 nitrogen and oxygen atoms in total. The molecule has 3 N–H and O–H groups in total. The third-order valence-corrected chi connectivity index (χ3v) is 3.74. The van der Waals surface area contributed by atoms with Crippen LogP contribution in [0.4, 0.5) is 0 Å². The first kappa shape index (κ1) is 21.8. The Hall–Kier alpha value is -1.28. The fraction of sp³-hybridized carbons (Fsp3) is 0.526. The third kappa shape index (κ3) is 6.86. The molecular formula is C19H31IN4O. The van der Waals surface area contributed by atoms with E-state index in [1.54, 1.807) is 0 Å². The van der Waals surface area contributed by atoms with Crippen molar-refractivity contribution in [3.05, 3.63) is 35.6 Å². The molecule has 0 aliphatic carbocycles. The van der Waals surface area contributed by atoms with Crippen LogP contribution in [-0.4, -0.2) is 31.1 Å². The van der Waals surface area contributed by atoms with Gasteiger partial charge in [-0.3, -0.25) is 0 Å². The van der Waals surface area contributed by atoms with Crippen LogP contribution in [0.3, 0.4) is 0 Å². The minimum absolute atomic E-state index is 0. The Bertz CT molecular complexity index is 688. The number of fused-ring (bicyclic) bond motifs is 1. The zero-order chi connectivity index (χ0) is 17.6. The van der Waals surface area contributed by atoms with Gasteiger partial charge in [-0.1, -0.05) is 18.2 Å². The van der Waals surface area contributed by atoms with Gasteiger partial charge in [0.2, 0.25) is 0 Å². The van der Waals surface area contributed by atoms with E-state index in [1.807, 2.05) is 18.2 Å². The summed E-state index contributed by atoms with van der Waals surface area (Å²) in [6, 6.07) is 8.11. The van der Waals surface area contributed by atoms with Gasteiger partial charge >= 0.3 is 0 Å². The Morgan fingerprint density at radius 1 is 1.12 bits per heavy atom. The summed E-state index contributed by atoms with van der Waals surface area (Å²) >= 11 is 0. The predicted molar refractivity (Wildman–Crippen MR) is 117 cm³/mol. The standard InChI is InChI=1S/C19H30N4O.HI/c1-6-20-18(21-11-12-23-19(3,4)5)22-13-17-14(2)15-9-7-8-10-16(15)24-17;/h7-10,23H,6,11-13H2,1-5H3,(H2,20,21,22);1H. The zero-order valence-corrected chi connectivity index (χ0v) is 18.2. The van der Waals surface area contributed by atoms with Crippen LogP contribution in [0.15, 0.2) is 33.7 Å². The van der Waals surface area contributed by atoms with Gasteiger partial charge in [0.1, 0.15) is 17.9 Å². The molecule has 0 radical (unpaired) electrons. The summed E-state index contributed by atoms with van der Waals surface area (Å²) in [6.45, 7) is 13.7. The van der Waals surface area contributed by atoms with Gasteiger partial charge < -0.3 is 20.4 Å². The van der Waals surface area contributed by atoms with E-state index in [4.69, 9.17) is 4.42 Å². The van der Waals surface area contributed by atoms with Crippen LogP contribution < -0.4 is 16.0 Å². The van der Waals surface area contributed by atoms with Crippen molar-refractivity contribution in [1.82, 2.24) is 16.0 Å². The Labute approximate surface area is 168 Å². The number of aliphatic imine (C=N–C) groups is 1. The Morgan fingerprint density at radius 2 is 1.84 bits per heavy atom. The lowest BCUT2D eigenvalue weighted by Crippen LogP contribution is -2.44. The number of guanidine groups is 1. The van der Waals surface area contributed by atoms with Crippen LogP contribution in [0.2, 0.25) is 0 Å². The van der Waals surface area contributed by atoms with Crippen LogP contribution in [0.1, 0.15) is 39.0 Å². The lowest BCUT2D eigenvalue weighted by molar-refractivity contribution is 0.428. The molecule has 0 saturated carbocycles. The lowest BCUT2D eigenvalue weighted by Gasteiger charge is -2.21. The number of para-hydroxylation sites is 1. The maximum Gasteiger partial charge on any atom is 0.191 e. The zero-order valence-electron chi connectivity index (χ0n) is 15.9. The van der Waals surface area contributed by atoms with E-state index in [9.17, 15) is 0 Å². The maximum atomic E-state index is 5.92. The van der Waals surface area contributed by atoms with E-state index < -0.39 is 0 Å². The molecular weight excluding hydrogens is 427 g/mol. The van der Waals surface area contributed by atoms with Crippen molar-refractivity contribution in [1.29, 1.82) is 0 Å². The van der Waals surface area contributed by atoms with Gasteiger partial charge in [-0.05, 0) is 40.7 Å². The largest absolute Gasteiger partial charge is 0.459 e. The number of furan rings is 1. The first-order valence-corrected chi connectivity index (χ1v) is 8.65. The molecule has 6 heteroatoms. The summed E-state index contributed by atoms with van der Waals surface area (Å²) in [6.07, 6.45) is 0. The second-order valence-electron chi connectivity index (χ2n) is 6.95. The van der Waals surface area contributed by atoms with Crippen molar-refractivity contribution in [3.63, 3.8) is 0 Å². The summed E-state index contributed by atoms with van der Waals surface area (Å²) in [4.78, 5) is 4.65. The number of halogens is 1. The SMILES string of the molecule is CCNC(=NCc1oc2ccccc2c1C)NCCNC(C)(C)C.I. The smallest absolute Gasteiger partial charge is 0.191 e. The molecule has 0 bridgehead atoms. The Kier molecular flexibility index (Phi) is 8.71. The molecule has 0 unspecified atom stereocenters. The van der Waals surface area contributed by atoms with Crippen LogP contribution in [0, 0.1) is 6.92 Å². The number of rotatable bonds is 6. The molecule has 0 spiro atoms. The van der Waals surface area contributed by atoms with Crippen molar-refractivity contribution in [3.8, 4) is 0 Å². The summed E-state index contributed by atoms with van der Waals surface area (Å²) < 4.78 is 5.92. The average Bonchev–Trinajstić information content (AvgIpc) is 2.85. The normalized spacial score (nSPS) is 12.1. The number of nitrogens with one attached hydrogen (secondary N) is 3. The molecule has 0 fully saturated rings. The van der Waals surface area contributed by atoms with Crippen LogP contribution in [0.5, 0.6) is 0 Å². The van der Waals surface area contributed by atoms with E-state index in [0.29, 0.717) is 6.54 Å². The van der Waals surface area contributed by atoms with Crippen LogP contribution in [0.25, 0.3) is 11.0 Å². The summed E-state index contributed by atoms with van der Waals surface area (Å²) in [7, 11) is 0. The highest BCUT2D eigenvalue weighted by Crippen LogP contribution is 2.25. The topological polar surface area (TPSA) is 61.6 Å². The number of nitrogens with zero attached hydrogens (tertiary/aromatic N) is 1. The molecule has 25 heavy (non-hydrogen) atoms. The quantitative estimate of drug-likeness (QED) is 0.267. The molecule has 0 aliphatic rings. The van der Waals surface area contributed by atoms with Gasteiger partial charge in [-0.15, -0.1) is 24.0 Å². The second kappa shape index (κ2) is 10.0. The van der Waals surface area contributed by atoms with Crippen molar-refractivity contribution < 1.29 is 4.42 Å². The molecule has 2 rings (SSSR count). The highest BCUT2D eigenvalue weighted by atomic mass is 127. The Morgan fingerprint density at radius 3 is 2.48 bits per heavy atom. The highest BCUT2D eigenvalue weighted by molar-refractivity contribution is 14.0. The van der Waals surface area contributed by atoms with Gasteiger partial charge in [0.15, 0.2) is 5.96 Å². The van der Waals surface area contributed by atoms with Crippen molar-refractivity contribution in [2.45, 2.75) is 46.7 Å². The fourth-order valence-electron chi connectivity index (χ4n) is 2.49. The third-order valence-electron chi connectivity index (χ3n) is 3.74. The predicted octanol–water partition coefficient (Wildman–Crippen LogP) is 3.80. The highest BCUT2D eigenvalue weighted by Gasteiger charge is 2.10. The molecule has 1 aromatic heterocycles. The number of aryl methyl sites for hydroxylation is 1. The monoisotopic (exact) mass is 458 g/mol. The number of hydrogen-bond acceptors (Lipinski definition) is 3. The van der Waals surface area contributed by atoms with E-state index in [-0.39, 0.29) is 29.5 Å². The van der Waals surface area contributed by atoms with E-state index >= 15 is 0 Å². The van der Waals surface area contributed by atoms with Crippen molar-refractivity contribution in [2.75, 3.05) is 19.6 Å². The van der Waals surface area contributed by atoms with Gasteiger partial charge in [0, 0.05) is 36.1 Å². The van der Waals surface area contributed by atoms with E-state index in [0.717, 1.165) is 42.3 Å². The first-order valence-electron chi connectivity index (χ1n) is 8.65. The molecule has 0 atom stereocenters. The summed E-state index contributed by atoms with van der Waals surface area (Å²) in [5.41, 5.74) is 2.22. The number of benzene rings is 1. The number of hydrogen-bond donors (Lipinski definition) is 3. The van der Waals surface area contributed by atoms with Crippen LogP contribution >= 0.6 is 24.0 Å². The fourth-order valence-corrected chi connectivity index (χ4v) is 2.49. The Balaban J connectivity index is 0.00000312. The summed E-state index contributed by atoms with van der Waals surface area (Å²) in [5, 5.41) is 11.2. The second-order valence-corrected chi connectivity index (χ2v) is 6.95. The van der Waals surface area contributed by atoms with Crippen LogP contribution in [-0.2, 0) is 6.54 Å². The van der Waals surface area contributed by atoms with Gasteiger partial charge in [-0.2, -0.15) is 0 Å². The average molecular weight is 458 g/mol. The van der Waals surface area contributed by atoms with Gasteiger partial charge in [0.25, 0.3) is 0 Å². The molecule has 1 aromatic carbocycles. The van der Waals surface area contributed by atoms with Gasteiger partial charge in [0.05, 0.1) is 0 Å². The minimum Gasteiger partial charge on any atom is -0.459 e. The first-order chi connectivity index (χ1) is 11.4. The van der Waals surface area contributed by atoms with Crippen molar-refractivity contribution in [2.24, 2.45) is 4.99 Å². The molecule has 1 heterocycles. The van der Waals surface area contributed by atoms with Crippen molar-refractivity contribution >= 4 is 40.9 Å². The molecule has 0 amide bonds. The molecule has 0 saturated heterocycles. The molecule has 140 valence electrons. The van der Waals surface area contributed by atoms with Gasteiger partial charge in [-0.25, -0.2) is 4.99 Å². The van der Waals surface area contributed by atoms with E-state index in [2.05, 4.69) is 61.6 Å². The minimum atomic E-state index is 0. The molecule has 2 aromatic rings. The van der Waals surface area contributed by atoms with E-state index in [1.165, 1.54) is 5.56 Å².